The Morgan fingerprint density at radius 2 is 1.97 bits per heavy atom. The molecule has 0 spiro atoms. The fourth-order valence-electron chi connectivity index (χ4n) is 4.68. The maximum absolute atomic E-state index is 15.0. The lowest BCUT2D eigenvalue weighted by molar-refractivity contribution is 0.157. The van der Waals surface area contributed by atoms with Crippen LogP contribution in [0.1, 0.15) is 61.5 Å². The van der Waals surface area contributed by atoms with Crippen molar-refractivity contribution < 1.29 is 4.39 Å². The number of nitrogens with one attached hydrogen (secondary N) is 1. The van der Waals surface area contributed by atoms with Crippen LogP contribution < -0.4 is 5.32 Å². The van der Waals surface area contributed by atoms with Gasteiger partial charge in [-0.3, -0.25) is 9.88 Å². The van der Waals surface area contributed by atoms with Gasteiger partial charge in [-0.2, -0.15) is 0 Å². The zero-order valence-corrected chi connectivity index (χ0v) is 17.6. The minimum atomic E-state index is 0.0202. The lowest BCUT2D eigenvalue weighted by Gasteiger charge is -2.38. The highest BCUT2D eigenvalue weighted by Crippen LogP contribution is 2.34. The van der Waals surface area contributed by atoms with Gasteiger partial charge in [0.2, 0.25) is 0 Å². The van der Waals surface area contributed by atoms with Gasteiger partial charge in [0.15, 0.2) is 0 Å². The Morgan fingerprint density at radius 3 is 2.79 bits per heavy atom. The molecule has 1 aromatic heterocycles. The Hall–Kier alpha value is -2.04. The summed E-state index contributed by atoms with van der Waals surface area (Å²) in [6.45, 7) is 6.03. The number of hydrogen-bond acceptors (Lipinski definition) is 3. The monoisotopic (exact) mass is 393 g/mol. The maximum Gasteiger partial charge on any atom is 0.113 e. The molecule has 0 radical (unpaired) electrons. The van der Waals surface area contributed by atoms with Crippen LogP contribution in [0.4, 0.5) is 4.39 Å². The predicted molar refractivity (Wildman–Crippen MR) is 116 cm³/mol. The molecule has 154 valence electrons. The molecule has 2 aliphatic rings. The molecule has 2 aromatic rings. The molecule has 1 aliphatic carbocycles. The number of hydrogen-bond donors (Lipinski definition) is 1. The average Bonchev–Trinajstić information content (AvgIpc) is 2.77. The first-order chi connectivity index (χ1) is 14.2. The summed E-state index contributed by atoms with van der Waals surface area (Å²) in [7, 11) is 0. The molecule has 1 N–H and O–H groups in total. The molecule has 1 aliphatic heterocycles. The first-order valence-corrected chi connectivity index (χ1v) is 11.0. The van der Waals surface area contributed by atoms with E-state index in [1.807, 2.05) is 26.1 Å². The van der Waals surface area contributed by atoms with Crippen molar-refractivity contribution in [1.82, 2.24) is 15.2 Å². The molecule has 0 saturated heterocycles. The van der Waals surface area contributed by atoms with Crippen LogP contribution in [0.5, 0.6) is 0 Å². The molecular weight excluding hydrogens is 361 g/mol. The van der Waals surface area contributed by atoms with Gasteiger partial charge in [0.25, 0.3) is 0 Å². The average molecular weight is 394 g/mol. The van der Waals surface area contributed by atoms with E-state index >= 15 is 0 Å². The van der Waals surface area contributed by atoms with E-state index in [0.717, 1.165) is 56.5 Å². The molecule has 0 fully saturated rings. The van der Waals surface area contributed by atoms with Crippen LogP contribution >= 0.6 is 0 Å². The van der Waals surface area contributed by atoms with Gasteiger partial charge >= 0.3 is 0 Å². The fraction of sp³-hybridized carbons (Fsp3) is 0.480. The number of aromatic nitrogens is 1. The number of nitrogens with zero attached hydrogens (tertiary/aromatic N) is 2. The summed E-state index contributed by atoms with van der Waals surface area (Å²) in [4.78, 5) is 7.06. The molecule has 3 nitrogen and oxygen atoms in total. The van der Waals surface area contributed by atoms with E-state index in [4.69, 9.17) is 4.98 Å². The summed E-state index contributed by atoms with van der Waals surface area (Å²) >= 11 is 0. The highest BCUT2D eigenvalue weighted by atomic mass is 19.1. The van der Waals surface area contributed by atoms with Gasteiger partial charge in [-0.25, -0.2) is 4.39 Å². The molecule has 4 heteroatoms. The summed E-state index contributed by atoms with van der Waals surface area (Å²) in [5, 5.41) is 3.68. The van der Waals surface area contributed by atoms with Crippen molar-refractivity contribution in [3.05, 3.63) is 76.4 Å². The van der Waals surface area contributed by atoms with Gasteiger partial charge < -0.3 is 5.32 Å². The standard InChI is InChI=1S/C25H32FN3/c1-3-18(2)23(26)17-29(24-12-6-10-19-11-7-13-27-25(19)24)16-22-14-20-8-4-5-9-21(20)15-28-22/h4-5,7-9,11,13,22,24,28H,3,6,10,12,14-17H2,1-2H3/b23-18-/t22-,24+/m1/s1. The molecule has 0 amide bonds. The quantitative estimate of drug-likeness (QED) is 0.737. The van der Waals surface area contributed by atoms with E-state index in [2.05, 4.69) is 40.5 Å². The van der Waals surface area contributed by atoms with E-state index in [1.54, 1.807) is 0 Å². The number of pyridine rings is 1. The van der Waals surface area contributed by atoms with E-state index in [0.29, 0.717) is 12.6 Å². The van der Waals surface area contributed by atoms with Crippen molar-refractivity contribution in [2.45, 2.75) is 64.6 Å². The van der Waals surface area contributed by atoms with Gasteiger partial charge in [-0.15, -0.1) is 0 Å². The Kier molecular flexibility index (Phi) is 6.41. The van der Waals surface area contributed by atoms with Crippen molar-refractivity contribution in [2.75, 3.05) is 13.1 Å². The number of fused-ring (bicyclic) bond motifs is 2. The highest BCUT2D eigenvalue weighted by molar-refractivity contribution is 5.30. The van der Waals surface area contributed by atoms with Crippen LogP contribution in [0.15, 0.2) is 54.0 Å². The zero-order valence-electron chi connectivity index (χ0n) is 17.6. The minimum absolute atomic E-state index is 0.0202. The van der Waals surface area contributed by atoms with E-state index < -0.39 is 0 Å². The summed E-state index contributed by atoms with van der Waals surface area (Å²) in [5.41, 5.74) is 6.13. The number of rotatable bonds is 6. The first-order valence-electron chi connectivity index (χ1n) is 11.0. The van der Waals surface area contributed by atoms with Crippen LogP contribution in [-0.2, 0) is 19.4 Å². The van der Waals surface area contributed by atoms with Crippen molar-refractivity contribution in [3.8, 4) is 0 Å². The number of benzene rings is 1. The van der Waals surface area contributed by atoms with Crippen LogP contribution in [0.2, 0.25) is 0 Å². The summed E-state index contributed by atoms with van der Waals surface area (Å²) in [6, 6.07) is 13.4. The van der Waals surface area contributed by atoms with E-state index in [9.17, 15) is 4.39 Å². The van der Waals surface area contributed by atoms with Crippen molar-refractivity contribution in [2.24, 2.45) is 0 Å². The van der Waals surface area contributed by atoms with Crippen molar-refractivity contribution in [3.63, 3.8) is 0 Å². The largest absolute Gasteiger partial charge is 0.308 e. The van der Waals surface area contributed by atoms with Gasteiger partial charge in [0, 0.05) is 25.3 Å². The van der Waals surface area contributed by atoms with Crippen LogP contribution in [-0.4, -0.2) is 29.0 Å². The molecule has 2 heterocycles. The molecule has 2 atom stereocenters. The first kappa shape index (κ1) is 20.2. The Labute approximate surface area is 174 Å². The third kappa shape index (κ3) is 4.59. The van der Waals surface area contributed by atoms with Crippen LogP contribution in [0, 0.1) is 0 Å². The second-order valence-corrected chi connectivity index (χ2v) is 8.47. The summed E-state index contributed by atoms with van der Waals surface area (Å²) < 4.78 is 15.0. The van der Waals surface area contributed by atoms with Gasteiger partial charge in [-0.05, 0) is 67.4 Å². The lowest BCUT2D eigenvalue weighted by Crippen LogP contribution is -2.46. The number of allylic oxidation sites excluding steroid dienone is 1. The maximum atomic E-state index is 15.0. The smallest absolute Gasteiger partial charge is 0.113 e. The zero-order chi connectivity index (χ0) is 20.2. The van der Waals surface area contributed by atoms with E-state index in [1.165, 1.54) is 16.7 Å². The van der Waals surface area contributed by atoms with Crippen molar-refractivity contribution in [1.29, 1.82) is 0 Å². The third-order valence-corrected chi connectivity index (χ3v) is 6.56. The molecule has 0 saturated carbocycles. The molecule has 4 rings (SSSR count). The third-order valence-electron chi connectivity index (χ3n) is 6.56. The highest BCUT2D eigenvalue weighted by Gasteiger charge is 2.30. The SMILES string of the molecule is CC/C(C)=C(\F)CN(C[C@H]1Cc2ccccc2CN1)[C@H]1CCCc2cccnc21. The topological polar surface area (TPSA) is 28.2 Å². The molecular formula is C25H32FN3. The fourth-order valence-corrected chi connectivity index (χ4v) is 4.68. The Morgan fingerprint density at radius 1 is 1.17 bits per heavy atom. The second-order valence-electron chi connectivity index (χ2n) is 8.47. The van der Waals surface area contributed by atoms with Gasteiger partial charge in [0.05, 0.1) is 18.3 Å². The normalized spacial score (nSPS) is 22.1. The lowest BCUT2D eigenvalue weighted by atomic mass is 9.89. The van der Waals surface area contributed by atoms with E-state index in [-0.39, 0.29) is 11.9 Å². The molecule has 0 unspecified atom stereocenters. The number of aryl methyl sites for hydroxylation is 1. The molecule has 0 bridgehead atoms. The molecule has 29 heavy (non-hydrogen) atoms. The minimum Gasteiger partial charge on any atom is -0.308 e. The predicted octanol–water partition coefficient (Wildman–Crippen LogP) is 5.13. The van der Waals surface area contributed by atoms with Gasteiger partial charge in [0.1, 0.15) is 5.83 Å². The number of halogens is 1. The molecule has 1 aromatic carbocycles. The summed E-state index contributed by atoms with van der Waals surface area (Å²) in [5.74, 6) is 0.0202. The second kappa shape index (κ2) is 9.19. The Bertz CT molecular complexity index is 876. The summed E-state index contributed by atoms with van der Waals surface area (Å²) in [6.07, 6.45) is 6.90. The Balaban J connectivity index is 1.58. The van der Waals surface area contributed by atoms with Crippen molar-refractivity contribution >= 4 is 0 Å². The van der Waals surface area contributed by atoms with Crippen LogP contribution in [0.3, 0.4) is 0 Å². The van der Waals surface area contributed by atoms with Gasteiger partial charge in [-0.1, -0.05) is 37.3 Å². The van der Waals surface area contributed by atoms with Crippen LogP contribution in [0.25, 0.3) is 0 Å².